The molecule has 1 heterocycles. The maximum Gasteiger partial charge on any atom is 0.122 e. The molecule has 1 aromatic heterocycles. The summed E-state index contributed by atoms with van der Waals surface area (Å²) in [6.45, 7) is 2.11. The second-order valence-corrected chi connectivity index (χ2v) is 5.05. The number of rotatable bonds is 4. The molecule has 0 bridgehead atoms. The van der Waals surface area contributed by atoms with Crippen LogP contribution in [0, 0.1) is 5.92 Å². The lowest BCUT2D eigenvalue weighted by Crippen LogP contribution is -2.33. The molecule has 3 nitrogen and oxygen atoms in total. The number of nitrogens with two attached hydrogens (primary N) is 1. The van der Waals surface area contributed by atoms with Crippen LogP contribution >= 0.6 is 0 Å². The third kappa shape index (κ3) is 3.11. The molecule has 0 saturated heterocycles. The summed E-state index contributed by atoms with van der Waals surface area (Å²) in [6.07, 6.45) is 8.85. The quantitative estimate of drug-likeness (QED) is 0.479. The van der Waals surface area contributed by atoms with E-state index in [2.05, 4.69) is 24.5 Å². The van der Waals surface area contributed by atoms with Crippen LogP contribution in [0.2, 0.25) is 0 Å². The van der Waals surface area contributed by atoms with E-state index in [1.54, 1.807) is 0 Å². The minimum atomic E-state index is 0.188. The van der Waals surface area contributed by atoms with Crippen LogP contribution in [-0.2, 0) is 6.42 Å². The number of hydrogen-bond acceptors (Lipinski definition) is 3. The molecule has 0 aliphatic heterocycles. The summed E-state index contributed by atoms with van der Waals surface area (Å²) in [5.74, 6) is 8.41. The van der Waals surface area contributed by atoms with Crippen LogP contribution < -0.4 is 11.3 Å². The fraction of sp³-hybridized carbons (Fsp3) is 0.714. The van der Waals surface area contributed by atoms with Gasteiger partial charge in [0.25, 0.3) is 0 Å². The largest absolute Gasteiger partial charge is 0.464 e. The number of furan rings is 1. The van der Waals surface area contributed by atoms with Gasteiger partial charge in [0.2, 0.25) is 0 Å². The van der Waals surface area contributed by atoms with E-state index in [-0.39, 0.29) is 6.04 Å². The van der Waals surface area contributed by atoms with Crippen LogP contribution in [-0.4, -0.2) is 0 Å². The highest BCUT2D eigenvalue weighted by Crippen LogP contribution is 2.33. The number of hydrazine groups is 1. The minimum absolute atomic E-state index is 0.188. The Balaban J connectivity index is 2.08. The Labute approximate surface area is 104 Å². The zero-order chi connectivity index (χ0) is 12.1. The third-order valence-corrected chi connectivity index (χ3v) is 3.89. The molecule has 1 aliphatic carbocycles. The smallest absolute Gasteiger partial charge is 0.122 e. The normalized spacial score (nSPS) is 20.1. The van der Waals surface area contributed by atoms with Crippen molar-refractivity contribution in [3.63, 3.8) is 0 Å². The predicted octanol–water partition coefficient (Wildman–Crippen LogP) is 3.32. The van der Waals surface area contributed by atoms with E-state index in [4.69, 9.17) is 10.3 Å². The van der Waals surface area contributed by atoms with Crippen molar-refractivity contribution >= 4 is 0 Å². The lowest BCUT2D eigenvalue weighted by Gasteiger charge is -2.23. The Kier molecular flexibility index (Phi) is 4.63. The fourth-order valence-electron chi connectivity index (χ4n) is 2.85. The van der Waals surface area contributed by atoms with Crippen molar-refractivity contribution < 1.29 is 4.42 Å². The molecule has 2 rings (SSSR count). The van der Waals surface area contributed by atoms with E-state index in [9.17, 15) is 0 Å². The predicted molar refractivity (Wildman–Crippen MR) is 69.3 cm³/mol. The molecule has 1 saturated carbocycles. The maximum absolute atomic E-state index is 5.84. The molecule has 0 radical (unpaired) electrons. The van der Waals surface area contributed by atoms with Gasteiger partial charge in [0, 0.05) is 6.42 Å². The van der Waals surface area contributed by atoms with Crippen LogP contribution in [0.5, 0.6) is 0 Å². The first-order valence-corrected chi connectivity index (χ1v) is 6.90. The Morgan fingerprint density at radius 2 is 2.00 bits per heavy atom. The molecule has 1 atom stereocenters. The van der Waals surface area contributed by atoms with Gasteiger partial charge < -0.3 is 4.42 Å². The van der Waals surface area contributed by atoms with E-state index < -0.39 is 0 Å². The van der Waals surface area contributed by atoms with Crippen LogP contribution in [0.1, 0.15) is 63.0 Å². The number of nitrogens with one attached hydrogen (secondary N) is 1. The average Bonchev–Trinajstić information content (AvgIpc) is 2.66. The summed E-state index contributed by atoms with van der Waals surface area (Å²) in [5.41, 5.74) is 2.96. The summed E-state index contributed by atoms with van der Waals surface area (Å²) in [4.78, 5) is 0. The molecule has 0 amide bonds. The standard InChI is InChI=1S/C14H24N2O/c1-2-12-9-10-13(17-12)14(16-15)11-7-5-3-4-6-8-11/h9-11,14,16H,2-8,15H2,1H3. The first-order chi connectivity index (χ1) is 8.35. The van der Waals surface area contributed by atoms with Crippen molar-refractivity contribution in [3.05, 3.63) is 23.7 Å². The minimum Gasteiger partial charge on any atom is -0.464 e. The van der Waals surface area contributed by atoms with E-state index in [0.29, 0.717) is 5.92 Å². The highest BCUT2D eigenvalue weighted by Gasteiger charge is 2.25. The van der Waals surface area contributed by atoms with Gasteiger partial charge in [-0.05, 0) is 30.9 Å². The van der Waals surface area contributed by atoms with Gasteiger partial charge in [0.1, 0.15) is 11.5 Å². The molecular formula is C14H24N2O. The van der Waals surface area contributed by atoms with E-state index in [1.165, 1.54) is 38.5 Å². The molecule has 1 aromatic rings. The van der Waals surface area contributed by atoms with Crippen molar-refractivity contribution in [1.82, 2.24) is 5.43 Å². The fourth-order valence-corrected chi connectivity index (χ4v) is 2.85. The molecule has 0 aromatic carbocycles. The van der Waals surface area contributed by atoms with Gasteiger partial charge in [-0.25, -0.2) is 5.43 Å². The van der Waals surface area contributed by atoms with Gasteiger partial charge in [0.05, 0.1) is 6.04 Å². The highest BCUT2D eigenvalue weighted by atomic mass is 16.3. The van der Waals surface area contributed by atoms with Gasteiger partial charge in [-0.1, -0.05) is 32.6 Å². The van der Waals surface area contributed by atoms with Crippen LogP contribution in [0.4, 0.5) is 0 Å². The third-order valence-electron chi connectivity index (χ3n) is 3.89. The summed E-state index contributed by atoms with van der Waals surface area (Å²) in [6, 6.07) is 4.33. The second kappa shape index (κ2) is 6.22. The van der Waals surface area contributed by atoms with Gasteiger partial charge in [0.15, 0.2) is 0 Å². The van der Waals surface area contributed by atoms with Gasteiger partial charge in [-0.3, -0.25) is 5.84 Å². The van der Waals surface area contributed by atoms with Crippen molar-refractivity contribution in [2.24, 2.45) is 11.8 Å². The molecule has 0 spiro atoms. The summed E-state index contributed by atoms with van der Waals surface area (Å²) < 4.78 is 5.84. The SMILES string of the molecule is CCc1ccc(C(NN)C2CCCCCC2)o1. The lowest BCUT2D eigenvalue weighted by atomic mass is 9.91. The Bertz CT molecular complexity index is 327. The first kappa shape index (κ1) is 12.7. The molecule has 3 N–H and O–H groups in total. The van der Waals surface area contributed by atoms with Crippen molar-refractivity contribution in [2.75, 3.05) is 0 Å². The highest BCUT2D eigenvalue weighted by molar-refractivity contribution is 5.11. The molecule has 1 aliphatic rings. The molecule has 3 heteroatoms. The summed E-state index contributed by atoms with van der Waals surface area (Å²) in [5, 5.41) is 0. The van der Waals surface area contributed by atoms with Crippen LogP contribution in [0.25, 0.3) is 0 Å². The zero-order valence-electron chi connectivity index (χ0n) is 10.7. The Morgan fingerprint density at radius 1 is 1.29 bits per heavy atom. The Morgan fingerprint density at radius 3 is 2.53 bits per heavy atom. The topological polar surface area (TPSA) is 51.2 Å². The molecule has 1 fully saturated rings. The maximum atomic E-state index is 5.84. The molecule has 1 unspecified atom stereocenters. The Hall–Kier alpha value is -0.800. The van der Waals surface area contributed by atoms with Gasteiger partial charge in [-0.15, -0.1) is 0 Å². The van der Waals surface area contributed by atoms with E-state index >= 15 is 0 Å². The zero-order valence-corrected chi connectivity index (χ0v) is 10.7. The summed E-state index contributed by atoms with van der Waals surface area (Å²) in [7, 11) is 0. The van der Waals surface area contributed by atoms with Crippen LogP contribution in [0.3, 0.4) is 0 Å². The van der Waals surface area contributed by atoms with Gasteiger partial charge >= 0.3 is 0 Å². The molecule has 17 heavy (non-hydrogen) atoms. The van der Waals surface area contributed by atoms with Crippen molar-refractivity contribution in [3.8, 4) is 0 Å². The number of aryl methyl sites for hydroxylation is 1. The van der Waals surface area contributed by atoms with Crippen molar-refractivity contribution in [2.45, 2.75) is 57.9 Å². The van der Waals surface area contributed by atoms with Crippen LogP contribution in [0.15, 0.2) is 16.5 Å². The lowest BCUT2D eigenvalue weighted by molar-refractivity contribution is 0.281. The monoisotopic (exact) mass is 236 g/mol. The first-order valence-electron chi connectivity index (χ1n) is 6.90. The molecule has 96 valence electrons. The number of hydrogen-bond donors (Lipinski definition) is 2. The van der Waals surface area contributed by atoms with E-state index in [1.807, 2.05) is 0 Å². The second-order valence-electron chi connectivity index (χ2n) is 5.05. The van der Waals surface area contributed by atoms with Gasteiger partial charge in [-0.2, -0.15) is 0 Å². The average molecular weight is 236 g/mol. The van der Waals surface area contributed by atoms with E-state index in [0.717, 1.165) is 17.9 Å². The van der Waals surface area contributed by atoms with Crippen molar-refractivity contribution in [1.29, 1.82) is 0 Å². The molecular weight excluding hydrogens is 212 g/mol. The summed E-state index contributed by atoms with van der Waals surface area (Å²) >= 11 is 0.